The molecule has 1 amide bonds. The molecule has 11 nitrogen and oxygen atoms in total. The van der Waals surface area contributed by atoms with Crippen molar-refractivity contribution < 1.29 is 33.6 Å². The minimum atomic E-state index is -1.20. The zero-order valence-electron chi connectivity index (χ0n) is 20.7. The maximum absolute atomic E-state index is 13.1. The van der Waals surface area contributed by atoms with Gasteiger partial charge in [0.15, 0.2) is 18.1 Å². The van der Waals surface area contributed by atoms with E-state index in [9.17, 15) is 19.5 Å². The summed E-state index contributed by atoms with van der Waals surface area (Å²) in [6.07, 6.45) is -3.96. The number of aromatic nitrogens is 2. The Hall–Kier alpha value is -3.90. The molecule has 0 radical (unpaired) electrons. The number of amides is 1. The highest BCUT2D eigenvalue weighted by atomic mass is 16.8. The summed E-state index contributed by atoms with van der Waals surface area (Å²) in [5.74, 6) is -2.14. The normalized spacial score (nSPS) is 26.1. The van der Waals surface area contributed by atoms with Crippen LogP contribution in [-0.4, -0.2) is 63.3 Å². The minimum absolute atomic E-state index is 0.0334. The number of carbonyl (C=O) groups excluding carboxylic acids is 2. The number of nitrogens with one attached hydrogen (secondary N) is 1. The molecule has 5 atom stereocenters. The second-order valence-electron chi connectivity index (χ2n) is 9.41. The van der Waals surface area contributed by atoms with Crippen LogP contribution >= 0.6 is 0 Å². The van der Waals surface area contributed by atoms with E-state index < -0.39 is 54.0 Å². The number of rotatable bonds is 5. The van der Waals surface area contributed by atoms with E-state index in [2.05, 4.69) is 10.3 Å². The van der Waals surface area contributed by atoms with Crippen molar-refractivity contribution in [2.75, 3.05) is 11.9 Å². The molecule has 0 spiro atoms. The van der Waals surface area contributed by atoms with E-state index in [1.165, 1.54) is 12.3 Å². The number of carbonyl (C=O) groups is 2. The van der Waals surface area contributed by atoms with Crippen molar-refractivity contribution in [1.82, 2.24) is 9.55 Å². The fraction of sp³-hybridized carbons (Fsp3) is 0.333. The number of ether oxygens (including phenoxy) is 4. The van der Waals surface area contributed by atoms with Crippen LogP contribution in [0.25, 0.3) is 0 Å². The molecular formula is C27H27N3O8. The van der Waals surface area contributed by atoms with Crippen LogP contribution in [0.15, 0.2) is 77.7 Å². The van der Waals surface area contributed by atoms with Crippen molar-refractivity contribution >= 4 is 17.7 Å². The van der Waals surface area contributed by atoms with Crippen LogP contribution in [0, 0.1) is 0 Å². The van der Waals surface area contributed by atoms with E-state index in [0.29, 0.717) is 5.56 Å². The van der Waals surface area contributed by atoms with Crippen molar-refractivity contribution in [3.8, 4) is 0 Å². The maximum atomic E-state index is 13.1. The van der Waals surface area contributed by atoms with Crippen molar-refractivity contribution in [3.05, 3.63) is 94.5 Å². The predicted octanol–water partition coefficient (Wildman–Crippen LogP) is 2.13. The van der Waals surface area contributed by atoms with Gasteiger partial charge in [-0.15, -0.1) is 0 Å². The van der Waals surface area contributed by atoms with Crippen molar-refractivity contribution in [2.45, 2.75) is 50.3 Å². The summed E-state index contributed by atoms with van der Waals surface area (Å²) < 4.78 is 24.8. The standard InChI is InChI=1S/C27H27N3O8/c1-27(2)37-20-18(31)15-35-24(22(21(20)38-27)36-25(33)17-11-7-4-8-12-17)30-14-13-19(29-26(30)34)28-23(32)16-9-5-3-6-10-16/h3-14,18,20-22,24,31H,15H2,1-2H3,(H,28,29,32,34)/t18-,20?,21?,22?,24-/m1/s1. The number of hydrogen-bond donors (Lipinski definition) is 2. The third-order valence-corrected chi connectivity index (χ3v) is 6.22. The topological polar surface area (TPSA) is 138 Å². The number of nitrogens with zero attached hydrogens (tertiary/aromatic N) is 2. The largest absolute Gasteiger partial charge is 0.451 e. The summed E-state index contributed by atoms with van der Waals surface area (Å²) in [7, 11) is 0. The van der Waals surface area contributed by atoms with Crippen molar-refractivity contribution in [3.63, 3.8) is 0 Å². The van der Waals surface area contributed by atoms with Crippen molar-refractivity contribution in [1.29, 1.82) is 0 Å². The van der Waals surface area contributed by atoms with Gasteiger partial charge in [-0.1, -0.05) is 36.4 Å². The predicted molar refractivity (Wildman–Crippen MR) is 133 cm³/mol. The van der Waals surface area contributed by atoms with Crippen LogP contribution in [0.1, 0.15) is 40.8 Å². The number of hydrogen-bond acceptors (Lipinski definition) is 9. The molecule has 1 aromatic heterocycles. The SMILES string of the molecule is CC1(C)OC2C(O1)[C@H](O)CO[C@@H](n1ccc(NC(=O)c3ccccc3)nc1=O)C2OC(=O)c1ccccc1. The molecule has 0 bridgehead atoms. The highest BCUT2D eigenvalue weighted by Crippen LogP contribution is 2.38. The van der Waals surface area contributed by atoms with Gasteiger partial charge in [-0.3, -0.25) is 9.36 Å². The average Bonchev–Trinajstić information content (AvgIpc) is 3.19. The molecule has 3 aromatic rings. The third kappa shape index (κ3) is 5.36. The quantitative estimate of drug-likeness (QED) is 0.484. The van der Waals surface area contributed by atoms with Crippen LogP contribution in [0.4, 0.5) is 5.82 Å². The minimum Gasteiger partial charge on any atom is -0.451 e. The first-order valence-corrected chi connectivity index (χ1v) is 12.1. The van der Waals surface area contributed by atoms with Crippen LogP contribution in [0.5, 0.6) is 0 Å². The molecule has 198 valence electrons. The monoisotopic (exact) mass is 521 g/mol. The van der Waals surface area contributed by atoms with Gasteiger partial charge in [0.05, 0.1) is 12.2 Å². The van der Waals surface area contributed by atoms with Gasteiger partial charge in [-0.2, -0.15) is 4.98 Å². The summed E-state index contributed by atoms with van der Waals surface area (Å²) in [5.41, 5.74) is -0.0811. The van der Waals surface area contributed by atoms with E-state index in [0.717, 1.165) is 4.57 Å². The molecule has 2 fully saturated rings. The molecule has 11 heteroatoms. The Morgan fingerprint density at radius 2 is 1.63 bits per heavy atom. The third-order valence-electron chi connectivity index (χ3n) is 6.22. The number of aliphatic hydroxyl groups is 1. The Bertz CT molecular complexity index is 1360. The molecule has 2 aliphatic heterocycles. The highest BCUT2D eigenvalue weighted by Gasteiger charge is 2.54. The van der Waals surface area contributed by atoms with E-state index in [1.54, 1.807) is 74.5 Å². The Morgan fingerprint density at radius 3 is 2.29 bits per heavy atom. The summed E-state index contributed by atoms with van der Waals surface area (Å²) in [6.45, 7) is 3.14. The second kappa shape index (κ2) is 10.5. The number of fused-ring (bicyclic) bond motifs is 1. The van der Waals surface area contributed by atoms with Gasteiger partial charge in [-0.25, -0.2) is 9.59 Å². The van der Waals surface area contributed by atoms with Crippen LogP contribution in [0.3, 0.4) is 0 Å². The number of benzene rings is 2. The zero-order chi connectivity index (χ0) is 26.9. The molecule has 2 aliphatic rings. The lowest BCUT2D eigenvalue weighted by molar-refractivity contribution is -0.189. The Morgan fingerprint density at radius 1 is 1.00 bits per heavy atom. The molecule has 3 heterocycles. The van der Waals surface area contributed by atoms with E-state index in [-0.39, 0.29) is 18.0 Å². The molecule has 0 saturated carbocycles. The summed E-state index contributed by atoms with van der Waals surface area (Å²) in [5, 5.41) is 13.3. The molecule has 38 heavy (non-hydrogen) atoms. The van der Waals surface area contributed by atoms with Gasteiger partial charge in [0.2, 0.25) is 0 Å². The molecule has 0 aliphatic carbocycles. The summed E-state index contributed by atoms with van der Waals surface area (Å²) in [4.78, 5) is 42.6. The second-order valence-corrected chi connectivity index (χ2v) is 9.41. The fourth-order valence-corrected chi connectivity index (χ4v) is 4.50. The fourth-order valence-electron chi connectivity index (χ4n) is 4.50. The first-order chi connectivity index (χ1) is 18.2. The van der Waals surface area contributed by atoms with Gasteiger partial charge < -0.3 is 29.4 Å². The first kappa shape index (κ1) is 25.7. The van der Waals surface area contributed by atoms with Crippen LogP contribution < -0.4 is 11.0 Å². The maximum Gasteiger partial charge on any atom is 0.351 e. The molecule has 3 unspecified atom stereocenters. The lowest BCUT2D eigenvalue weighted by Gasteiger charge is -2.30. The van der Waals surface area contributed by atoms with Gasteiger partial charge in [0.1, 0.15) is 24.1 Å². The summed E-state index contributed by atoms with van der Waals surface area (Å²) >= 11 is 0. The lowest BCUT2D eigenvalue weighted by atomic mass is 10.0. The molecule has 2 aromatic carbocycles. The number of aliphatic hydroxyl groups excluding tert-OH is 1. The Balaban J connectivity index is 1.46. The van der Waals surface area contributed by atoms with E-state index in [1.807, 2.05) is 0 Å². The van der Waals surface area contributed by atoms with Gasteiger partial charge in [-0.05, 0) is 44.2 Å². The first-order valence-electron chi connectivity index (χ1n) is 12.1. The van der Waals surface area contributed by atoms with Crippen molar-refractivity contribution in [2.24, 2.45) is 0 Å². The van der Waals surface area contributed by atoms with E-state index >= 15 is 0 Å². The summed E-state index contributed by atoms with van der Waals surface area (Å²) in [6, 6.07) is 18.3. The number of esters is 1. The van der Waals surface area contributed by atoms with Gasteiger partial charge >= 0.3 is 11.7 Å². The van der Waals surface area contributed by atoms with Crippen LogP contribution in [0.2, 0.25) is 0 Å². The van der Waals surface area contributed by atoms with E-state index in [4.69, 9.17) is 18.9 Å². The Kier molecular flexibility index (Phi) is 7.09. The highest BCUT2D eigenvalue weighted by molar-refractivity contribution is 6.03. The molecule has 2 saturated heterocycles. The Labute approximate surface area is 217 Å². The zero-order valence-corrected chi connectivity index (χ0v) is 20.7. The molecular weight excluding hydrogens is 494 g/mol. The molecule has 5 rings (SSSR count). The average molecular weight is 522 g/mol. The lowest BCUT2D eigenvalue weighted by Crippen LogP contribution is -2.47. The van der Waals surface area contributed by atoms with Gasteiger partial charge in [0, 0.05) is 11.8 Å². The van der Waals surface area contributed by atoms with Crippen LogP contribution in [-0.2, 0) is 18.9 Å². The van der Waals surface area contributed by atoms with Gasteiger partial charge in [0.25, 0.3) is 5.91 Å². The number of anilines is 1. The smallest absolute Gasteiger partial charge is 0.351 e. The molecule has 2 N–H and O–H groups in total.